The van der Waals surface area contributed by atoms with Crippen LogP contribution in [0.3, 0.4) is 0 Å². The van der Waals surface area contributed by atoms with E-state index in [2.05, 4.69) is 75.4 Å². The van der Waals surface area contributed by atoms with E-state index in [4.69, 9.17) is 4.98 Å². The molecule has 0 spiro atoms. The van der Waals surface area contributed by atoms with Crippen LogP contribution in [-0.4, -0.2) is 44.1 Å². The summed E-state index contributed by atoms with van der Waals surface area (Å²) in [4.78, 5) is 27.8. The first-order valence-corrected chi connectivity index (χ1v) is 13.3. The highest BCUT2D eigenvalue weighted by Gasteiger charge is 2.19. The molecule has 6 rings (SSSR count). The van der Waals surface area contributed by atoms with Crippen molar-refractivity contribution in [2.24, 2.45) is 5.41 Å². The van der Waals surface area contributed by atoms with E-state index in [0.29, 0.717) is 12.1 Å². The number of amides is 1. The molecule has 0 radical (unpaired) electrons. The minimum Gasteiger partial charge on any atom is -0.370 e. The summed E-state index contributed by atoms with van der Waals surface area (Å²) in [5.74, 6) is 0.729. The molecule has 1 fully saturated rings. The van der Waals surface area contributed by atoms with Crippen LogP contribution in [0, 0.1) is 5.41 Å². The number of H-pyrrole nitrogens is 2. The number of nitrogens with one attached hydrogen (secondary N) is 3. The third kappa shape index (κ3) is 4.86. The molecule has 1 saturated heterocycles. The number of hydrogen-bond acceptors (Lipinski definition) is 5. The number of carbonyl (C=O) groups excluding carboxylic acids is 1. The Kier molecular flexibility index (Phi) is 6.10. The van der Waals surface area contributed by atoms with E-state index < -0.39 is 0 Å². The average molecular weight is 508 g/mol. The molecule has 4 heterocycles. The van der Waals surface area contributed by atoms with Crippen LogP contribution in [0.4, 0.5) is 11.4 Å². The fourth-order valence-corrected chi connectivity index (χ4v) is 5.25. The minimum absolute atomic E-state index is 0.0159. The van der Waals surface area contributed by atoms with E-state index in [0.717, 1.165) is 57.7 Å². The number of rotatable bonds is 5. The van der Waals surface area contributed by atoms with Crippen LogP contribution in [0.1, 0.15) is 46.5 Å². The second-order valence-electron chi connectivity index (χ2n) is 11.4. The van der Waals surface area contributed by atoms with Crippen LogP contribution in [0.5, 0.6) is 0 Å². The number of benzene rings is 2. The topological polar surface area (TPSA) is 103 Å². The van der Waals surface area contributed by atoms with Crippen molar-refractivity contribution in [1.29, 1.82) is 0 Å². The highest BCUT2D eigenvalue weighted by molar-refractivity contribution is 5.98. The lowest BCUT2D eigenvalue weighted by Crippen LogP contribution is -2.29. The van der Waals surface area contributed by atoms with Gasteiger partial charge in [-0.05, 0) is 60.6 Å². The molecule has 8 heteroatoms. The number of nitrogens with zero attached hydrogens (tertiary/aromatic N) is 4. The van der Waals surface area contributed by atoms with Gasteiger partial charge in [0.15, 0.2) is 5.82 Å². The van der Waals surface area contributed by atoms with Crippen molar-refractivity contribution in [1.82, 2.24) is 25.1 Å². The van der Waals surface area contributed by atoms with Crippen molar-refractivity contribution in [2.75, 3.05) is 23.3 Å². The van der Waals surface area contributed by atoms with Crippen LogP contribution in [-0.2, 0) is 4.79 Å². The predicted molar refractivity (Wildman–Crippen MR) is 153 cm³/mol. The molecule has 8 nitrogen and oxygen atoms in total. The molecule has 1 aliphatic rings. The summed E-state index contributed by atoms with van der Waals surface area (Å²) in [5.41, 5.74) is 7.41. The van der Waals surface area contributed by atoms with Gasteiger partial charge in [0.05, 0.1) is 28.6 Å². The van der Waals surface area contributed by atoms with Crippen molar-refractivity contribution in [3.63, 3.8) is 0 Å². The minimum atomic E-state index is -0.0803. The van der Waals surface area contributed by atoms with Gasteiger partial charge in [-0.2, -0.15) is 5.10 Å². The van der Waals surface area contributed by atoms with Gasteiger partial charge < -0.3 is 15.2 Å². The van der Waals surface area contributed by atoms with Crippen molar-refractivity contribution in [2.45, 2.75) is 46.5 Å². The van der Waals surface area contributed by atoms with Crippen LogP contribution in [0.2, 0.25) is 0 Å². The quantitative estimate of drug-likeness (QED) is 0.251. The summed E-state index contributed by atoms with van der Waals surface area (Å²) in [6.07, 6.45) is 7.67. The molecule has 0 bridgehead atoms. The number of hydrogen-bond donors (Lipinski definition) is 3. The normalized spacial score (nSPS) is 14.3. The first-order chi connectivity index (χ1) is 18.3. The van der Waals surface area contributed by atoms with E-state index in [-0.39, 0.29) is 11.3 Å². The fourth-order valence-electron chi connectivity index (χ4n) is 5.25. The van der Waals surface area contributed by atoms with Crippen molar-refractivity contribution in [3.8, 4) is 22.6 Å². The van der Waals surface area contributed by atoms with E-state index in [9.17, 15) is 4.79 Å². The molecule has 0 unspecified atom stereocenters. The molecule has 1 amide bonds. The fraction of sp³-hybridized carbons (Fsp3) is 0.333. The van der Waals surface area contributed by atoms with Crippen LogP contribution in [0.15, 0.2) is 54.9 Å². The number of imidazole rings is 1. The third-order valence-electron chi connectivity index (χ3n) is 7.02. The van der Waals surface area contributed by atoms with Gasteiger partial charge in [0.1, 0.15) is 11.2 Å². The molecule has 0 atom stereocenters. The molecule has 0 saturated carbocycles. The molecule has 38 heavy (non-hydrogen) atoms. The second kappa shape index (κ2) is 9.59. The lowest BCUT2D eigenvalue weighted by Gasteiger charge is -2.28. The summed E-state index contributed by atoms with van der Waals surface area (Å²) < 4.78 is 0. The number of fused-ring (bicyclic) bond motifs is 2. The Balaban J connectivity index is 1.33. The molecule has 3 N–H and O–H groups in total. The van der Waals surface area contributed by atoms with Crippen LogP contribution < -0.4 is 10.2 Å². The van der Waals surface area contributed by atoms with Gasteiger partial charge in [0, 0.05) is 36.7 Å². The van der Waals surface area contributed by atoms with Gasteiger partial charge in [0.25, 0.3) is 0 Å². The maximum atomic E-state index is 12.5. The third-order valence-corrected chi connectivity index (χ3v) is 7.02. The Morgan fingerprint density at radius 1 is 1.00 bits per heavy atom. The van der Waals surface area contributed by atoms with Gasteiger partial charge in [0.2, 0.25) is 5.91 Å². The summed E-state index contributed by atoms with van der Waals surface area (Å²) in [5, 5.41) is 11.7. The van der Waals surface area contributed by atoms with Crippen LogP contribution >= 0.6 is 0 Å². The van der Waals surface area contributed by atoms with Gasteiger partial charge in [-0.3, -0.25) is 14.9 Å². The Bertz CT molecular complexity index is 1620. The predicted octanol–water partition coefficient (Wildman–Crippen LogP) is 6.53. The Hall–Kier alpha value is -4.20. The van der Waals surface area contributed by atoms with E-state index in [1.165, 1.54) is 24.9 Å². The molecular formula is C30H33N7O. The number of pyridine rings is 1. The number of anilines is 2. The van der Waals surface area contributed by atoms with E-state index in [1.807, 2.05) is 24.4 Å². The zero-order valence-electron chi connectivity index (χ0n) is 22.1. The maximum Gasteiger partial charge on any atom is 0.224 e. The maximum absolute atomic E-state index is 12.5. The number of piperidine rings is 1. The molecule has 2 aromatic carbocycles. The van der Waals surface area contributed by atoms with Gasteiger partial charge in [-0.15, -0.1) is 0 Å². The highest BCUT2D eigenvalue weighted by Crippen LogP contribution is 2.33. The molecular weight excluding hydrogens is 474 g/mol. The largest absolute Gasteiger partial charge is 0.370 e. The smallest absolute Gasteiger partial charge is 0.224 e. The molecule has 0 aliphatic carbocycles. The van der Waals surface area contributed by atoms with E-state index in [1.54, 1.807) is 6.20 Å². The van der Waals surface area contributed by atoms with Crippen molar-refractivity contribution in [3.05, 3.63) is 54.9 Å². The molecule has 3 aromatic heterocycles. The number of para-hydroxylation sites is 1. The summed E-state index contributed by atoms with van der Waals surface area (Å²) in [6.45, 7) is 8.29. The van der Waals surface area contributed by atoms with Gasteiger partial charge in [-0.1, -0.05) is 32.9 Å². The molecule has 1 aliphatic heterocycles. The highest BCUT2D eigenvalue weighted by atomic mass is 16.1. The zero-order chi connectivity index (χ0) is 26.3. The van der Waals surface area contributed by atoms with E-state index >= 15 is 0 Å². The summed E-state index contributed by atoms with van der Waals surface area (Å²) in [6, 6.07) is 14.5. The van der Waals surface area contributed by atoms with Crippen LogP contribution in [0.25, 0.3) is 44.6 Å². The SMILES string of the molecule is CC(C)(C)CC(=O)Nc1cncc(-c2ccc3[nH]nc(-c4nc5c(N6CCCCC6)cccc5[nH]4)c3c2)c1. The monoisotopic (exact) mass is 507 g/mol. The Morgan fingerprint density at radius 2 is 1.84 bits per heavy atom. The standard InChI is InChI=1S/C30H33N7O/c1-30(2,3)16-26(38)32-21-14-20(17-31-18-21)19-10-11-23-22(15-19)27(36-35-23)29-33-24-8-7-9-25(28(24)34-29)37-12-5-4-6-13-37/h7-11,14-15,17-18H,4-6,12-13,16H2,1-3H3,(H,32,38)(H,33,34)(H,35,36). The van der Waals surface area contributed by atoms with Crippen molar-refractivity contribution >= 4 is 39.2 Å². The lowest BCUT2D eigenvalue weighted by molar-refractivity contribution is -0.117. The van der Waals surface area contributed by atoms with Gasteiger partial charge >= 0.3 is 0 Å². The van der Waals surface area contributed by atoms with Gasteiger partial charge in [-0.25, -0.2) is 4.98 Å². The second-order valence-corrected chi connectivity index (χ2v) is 11.4. The molecule has 194 valence electrons. The average Bonchev–Trinajstić information content (AvgIpc) is 3.51. The number of aromatic amines is 2. The number of aromatic nitrogens is 5. The first kappa shape index (κ1) is 24.2. The number of carbonyl (C=O) groups is 1. The first-order valence-electron chi connectivity index (χ1n) is 13.3. The lowest BCUT2D eigenvalue weighted by atomic mass is 9.92. The van der Waals surface area contributed by atoms with Crippen molar-refractivity contribution < 1.29 is 4.79 Å². The zero-order valence-corrected chi connectivity index (χ0v) is 22.1. The summed E-state index contributed by atoms with van der Waals surface area (Å²) >= 11 is 0. The Morgan fingerprint density at radius 3 is 2.66 bits per heavy atom. The Labute approximate surface area is 221 Å². The summed E-state index contributed by atoms with van der Waals surface area (Å²) in [7, 11) is 0. The molecule has 5 aromatic rings.